The number of benzene rings is 2. The Morgan fingerprint density at radius 1 is 1.12 bits per heavy atom. The molecule has 1 N–H and O–H groups in total. The van der Waals surface area contributed by atoms with Crippen LogP contribution in [0.25, 0.3) is 0 Å². The van der Waals surface area contributed by atoms with Crippen LogP contribution in [0.3, 0.4) is 0 Å². The lowest BCUT2D eigenvalue weighted by Gasteiger charge is -2.27. The van der Waals surface area contributed by atoms with E-state index < -0.39 is 10.0 Å². The van der Waals surface area contributed by atoms with Gasteiger partial charge in [0.15, 0.2) is 0 Å². The largest absolute Gasteiger partial charge is 0.378 e. The lowest BCUT2D eigenvalue weighted by atomic mass is 10.2. The second kappa shape index (κ2) is 7.56. The zero-order valence-electron chi connectivity index (χ0n) is 13.9. The van der Waals surface area contributed by atoms with E-state index >= 15 is 0 Å². The van der Waals surface area contributed by atoms with Crippen molar-refractivity contribution in [3.8, 4) is 6.07 Å². The molecule has 0 saturated carbocycles. The summed E-state index contributed by atoms with van der Waals surface area (Å²) >= 11 is 0. The van der Waals surface area contributed by atoms with Gasteiger partial charge in [0, 0.05) is 18.7 Å². The highest BCUT2D eigenvalue weighted by molar-refractivity contribution is 7.92. The minimum atomic E-state index is -3.93. The molecule has 8 heteroatoms. The molecule has 1 aliphatic heterocycles. The molecule has 26 heavy (non-hydrogen) atoms. The number of morpholine rings is 1. The zero-order valence-corrected chi connectivity index (χ0v) is 14.7. The molecule has 1 heterocycles. The Bertz CT molecular complexity index is 960. The molecule has 1 aliphatic rings. The van der Waals surface area contributed by atoms with Crippen molar-refractivity contribution >= 4 is 21.6 Å². The third-order valence-corrected chi connectivity index (χ3v) is 5.34. The lowest BCUT2D eigenvalue weighted by Crippen LogP contribution is -2.40. The summed E-state index contributed by atoms with van der Waals surface area (Å²) in [5.74, 6) is -0.234. The van der Waals surface area contributed by atoms with E-state index in [9.17, 15) is 13.2 Å². The van der Waals surface area contributed by atoms with Gasteiger partial charge < -0.3 is 9.64 Å². The predicted molar refractivity (Wildman–Crippen MR) is 95.1 cm³/mol. The first-order valence-corrected chi connectivity index (χ1v) is 9.48. The predicted octanol–water partition coefficient (Wildman–Crippen LogP) is 1.83. The third-order valence-electron chi connectivity index (χ3n) is 3.98. The summed E-state index contributed by atoms with van der Waals surface area (Å²) < 4.78 is 32.9. The van der Waals surface area contributed by atoms with Crippen LogP contribution in [0.15, 0.2) is 53.4 Å². The smallest absolute Gasteiger partial charge is 0.261 e. The van der Waals surface area contributed by atoms with Crippen molar-refractivity contribution < 1.29 is 17.9 Å². The van der Waals surface area contributed by atoms with Gasteiger partial charge in [0.25, 0.3) is 15.9 Å². The SMILES string of the molecule is N#Cc1ccccc1NS(=O)(=O)c1cccc(C(=O)N2CCOCC2)c1. The van der Waals surface area contributed by atoms with Crippen molar-refractivity contribution in [3.63, 3.8) is 0 Å². The number of anilines is 1. The van der Waals surface area contributed by atoms with E-state index in [1.165, 1.54) is 30.3 Å². The Kier molecular flexibility index (Phi) is 5.21. The van der Waals surface area contributed by atoms with Gasteiger partial charge in [-0.2, -0.15) is 5.26 Å². The van der Waals surface area contributed by atoms with Gasteiger partial charge in [0.1, 0.15) is 6.07 Å². The third kappa shape index (κ3) is 3.85. The minimum Gasteiger partial charge on any atom is -0.378 e. The monoisotopic (exact) mass is 371 g/mol. The first kappa shape index (κ1) is 17.9. The van der Waals surface area contributed by atoms with Crippen molar-refractivity contribution in [2.75, 3.05) is 31.0 Å². The number of carbonyl (C=O) groups is 1. The van der Waals surface area contributed by atoms with Crippen molar-refractivity contribution in [3.05, 3.63) is 59.7 Å². The number of sulfonamides is 1. The lowest BCUT2D eigenvalue weighted by molar-refractivity contribution is 0.0302. The second-order valence-electron chi connectivity index (χ2n) is 5.70. The van der Waals surface area contributed by atoms with Crippen molar-refractivity contribution in [2.24, 2.45) is 0 Å². The Morgan fingerprint density at radius 2 is 1.85 bits per heavy atom. The van der Waals surface area contributed by atoms with Gasteiger partial charge in [-0.15, -0.1) is 0 Å². The summed E-state index contributed by atoms with van der Waals surface area (Å²) in [5.41, 5.74) is 0.708. The average Bonchev–Trinajstić information content (AvgIpc) is 2.68. The molecule has 0 unspecified atom stereocenters. The standard InChI is InChI=1S/C18H17N3O4S/c19-13-15-4-1-2-7-17(15)20-26(23,24)16-6-3-5-14(12-16)18(22)21-8-10-25-11-9-21/h1-7,12,20H,8-11H2. The molecule has 0 spiro atoms. The number of hydrogen-bond acceptors (Lipinski definition) is 5. The first-order chi connectivity index (χ1) is 12.5. The number of nitrogens with one attached hydrogen (secondary N) is 1. The molecular weight excluding hydrogens is 354 g/mol. The van der Waals surface area contributed by atoms with E-state index in [-0.39, 0.29) is 22.1 Å². The molecule has 0 aromatic heterocycles. The fourth-order valence-corrected chi connectivity index (χ4v) is 3.74. The van der Waals surface area contributed by atoms with Crippen molar-refractivity contribution in [2.45, 2.75) is 4.90 Å². The van der Waals surface area contributed by atoms with Crippen molar-refractivity contribution in [1.29, 1.82) is 5.26 Å². The molecule has 0 radical (unpaired) electrons. The molecule has 1 saturated heterocycles. The van der Waals surface area contributed by atoms with Gasteiger partial charge in [0.05, 0.1) is 29.4 Å². The summed E-state index contributed by atoms with van der Waals surface area (Å²) in [6.07, 6.45) is 0. The average molecular weight is 371 g/mol. The summed E-state index contributed by atoms with van der Waals surface area (Å²) in [7, 11) is -3.93. The number of nitriles is 1. The number of para-hydroxylation sites is 1. The zero-order chi connectivity index (χ0) is 18.6. The number of hydrogen-bond donors (Lipinski definition) is 1. The Labute approximate surface area is 151 Å². The molecule has 2 aromatic rings. The highest BCUT2D eigenvalue weighted by atomic mass is 32.2. The fourth-order valence-electron chi connectivity index (χ4n) is 2.62. The van der Waals surface area contributed by atoms with Gasteiger partial charge in [-0.1, -0.05) is 18.2 Å². The Morgan fingerprint density at radius 3 is 2.58 bits per heavy atom. The number of rotatable bonds is 4. The van der Waals surface area contributed by atoms with Crippen LogP contribution in [0, 0.1) is 11.3 Å². The Balaban J connectivity index is 1.86. The number of ether oxygens (including phenoxy) is 1. The maximum absolute atomic E-state index is 12.7. The molecule has 2 aromatic carbocycles. The number of amides is 1. The highest BCUT2D eigenvalue weighted by Crippen LogP contribution is 2.20. The summed E-state index contributed by atoms with van der Waals surface area (Å²) in [6, 6.07) is 14.1. The topological polar surface area (TPSA) is 99.5 Å². The van der Waals surface area contributed by atoms with Gasteiger partial charge in [-0.25, -0.2) is 8.42 Å². The van der Waals surface area contributed by atoms with Crippen LogP contribution in [0.5, 0.6) is 0 Å². The second-order valence-corrected chi connectivity index (χ2v) is 7.38. The normalized spacial score (nSPS) is 14.5. The minimum absolute atomic E-state index is 0.0376. The van der Waals surface area contributed by atoms with E-state index in [4.69, 9.17) is 10.00 Å². The molecular formula is C18H17N3O4S. The van der Waals surface area contributed by atoms with Gasteiger partial charge in [0.2, 0.25) is 0 Å². The van der Waals surface area contributed by atoms with Gasteiger partial charge in [-0.05, 0) is 30.3 Å². The first-order valence-electron chi connectivity index (χ1n) is 8.00. The molecule has 1 fully saturated rings. The van der Waals surface area contributed by atoms with Crippen LogP contribution in [0.2, 0.25) is 0 Å². The molecule has 0 aliphatic carbocycles. The molecule has 134 valence electrons. The van der Waals surface area contributed by atoms with Gasteiger partial charge >= 0.3 is 0 Å². The number of nitrogens with zero attached hydrogens (tertiary/aromatic N) is 2. The van der Waals surface area contributed by atoms with E-state index in [1.54, 1.807) is 23.1 Å². The summed E-state index contributed by atoms with van der Waals surface area (Å²) in [6.45, 7) is 1.89. The van der Waals surface area contributed by atoms with E-state index in [2.05, 4.69) is 4.72 Å². The van der Waals surface area contributed by atoms with Crippen LogP contribution < -0.4 is 4.72 Å². The van der Waals surface area contributed by atoms with Crippen LogP contribution in [0.4, 0.5) is 5.69 Å². The number of carbonyl (C=O) groups excluding carboxylic acids is 1. The fraction of sp³-hybridized carbons (Fsp3) is 0.222. The van der Waals surface area contributed by atoms with Crippen LogP contribution in [0.1, 0.15) is 15.9 Å². The molecule has 0 bridgehead atoms. The van der Waals surface area contributed by atoms with Crippen LogP contribution in [-0.4, -0.2) is 45.5 Å². The van der Waals surface area contributed by atoms with E-state index in [0.29, 0.717) is 31.9 Å². The summed E-state index contributed by atoms with van der Waals surface area (Å²) in [4.78, 5) is 14.1. The molecule has 3 rings (SSSR count). The van der Waals surface area contributed by atoms with E-state index in [1.807, 2.05) is 6.07 Å². The van der Waals surface area contributed by atoms with Gasteiger partial charge in [-0.3, -0.25) is 9.52 Å². The summed E-state index contributed by atoms with van der Waals surface area (Å²) in [5, 5.41) is 9.10. The Hall–Kier alpha value is -2.89. The quantitative estimate of drug-likeness (QED) is 0.884. The maximum Gasteiger partial charge on any atom is 0.261 e. The van der Waals surface area contributed by atoms with Crippen LogP contribution in [-0.2, 0) is 14.8 Å². The van der Waals surface area contributed by atoms with E-state index in [0.717, 1.165) is 0 Å². The molecule has 7 nitrogen and oxygen atoms in total. The molecule has 1 amide bonds. The maximum atomic E-state index is 12.7. The van der Waals surface area contributed by atoms with Crippen molar-refractivity contribution in [1.82, 2.24) is 4.90 Å². The highest BCUT2D eigenvalue weighted by Gasteiger charge is 2.21. The molecule has 0 atom stereocenters. The van der Waals surface area contributed by atoms with Crippen LogP contribution >= 0.6 is 0 Å².